The summed E-state index contributed by atoms with van der Waals surface area (Å²) in [5.74, 6) is -0.596. The molecule has 1 aromatic rings. The lowest BCUT2D eigenvalue weighted by atomic mass is 10.1. The standard InChI is InChI=1S/C12H17N3O3S/c16-9-3-1-5-15(7-9)8-11(17)13-14-12(18)10-4-2-6-19-10/h2,4,6,9,16H,1,3,5,7-8H2,(H,13,17)(H,14,18). The average Bonchev–Trinajstić information content (AvgIpc) is 2.90. The highest BCUT2D eigenvalue weighted by molar-refractivity contribution is 7.12. The quantitative estimate of drug-likeness (QED) is 0.680. The molecular formula is C12H17N3O3S. The number of carbonyl (C=O) groups is 2. The van der Waals surface area contributed by atoms with Gasteiger partial charge in [0, 0.05) is 6.54 Å². The van der Waals surface area contributed by atoms with Crippen LogP contribution >= 0.6 is 11.3 Å². The third-order valence-electron chi connectivity index (χ3n) is 2.91. The molecule has 0 spiro atoms. The van der Waals surface area contributed by atoms with E-state index in [1.54, 1.807) is 17.5 Å². The molecule has 0 aliphatic carbocycles. The Morgan fingerprint density at radius 2 is 2.32 bits per heavy atom. The van der Waals surface area contributed by atoms with Gasteiger partial charge >= 0.3 is 0 Å². The van der Waals surface area contributed by atoms with Crippen molar-refractivity contribution in [3.05, 3.63) is 22.4 Å². The highest BCUT2D eigenvalue weighted by Crippen LogP contribution is 2.09. The molecule has 7 heteroatoms. The minimum atomic E-state index is -0.359. The van der Waals surface area contributed by atoms with Gasteiger partial charge in [-0.15, -0.1) is 11.3 Å². The van der Waals surface area contributed by atoms with Gasteiger partial charge in [0.1, 0.15) is 0 Å². The van der Waals surface area contributed by atoms with Crippen molar-refractivity contribution in [2.45, 2.75) is 18.9 Å². The van der Waals surface area contributed by atoms with E-state index in [9.17, 15) is 14.7 Å². The van der Waals surface area contributed by atoms with Crippen molar-refractivity contribution in [3.63, 3.8) is 0 Å². The Labute approximate surface area is 115 Å². The minimum Gasteiger partial charge on any atom is -0.392 e. The molecule has 1 aromatic heterocycles. The number of nitrogens with zero attached hydrogens (tertiary/aromatic N) is 1. The number of piperidine rings is 1. The van der Waals surface area contributed by atoms with Crippen LogP contribution in [0.4, 0.5) is 0 Å². The zero-order chi connectivity index (χ0) is 13.7. The number of β-amino-alcohol motifs (C(OH)–C–C–N with tert-alkyl or cyclic N) is 1. The van der Waals surface area contributed by atoms with Crippen LogP contribution in [0.1, 0.15) is 22.5 Å². The third-order valence-corrected chi connectivity index (χ3v) is 3.78. The van der Waals surface area contributed by atoms with Gasteiger partial charge in [-0.3, -0.25) is 25.3 Å². The van der Waals surface area contributed by atoms with Gasteiger partial charge in [-0.2, -0.15) is 0 Å². The average molecular weight is 283 g/mol. The molecule has 1 saturated heterocycles. The number of hydrogen-bond acceptors (Lipinski definition) is 5. The van der Waals surface area contributed by atoms with Gasteiger partial charge in [-0.1, -0.05) is 6.07 Å². The topological polar surface area (TPSA) is 81.7 Å². The second kappa shape index (κ2) is 6.65. The molecule has 1 atom stereocenters. The van der Waals surface area contributed by atoms with Crippen LogP contribution in [0.2, 0.25) is 0 Å². The molecule has 2 heterocycles. The molecule has 3 N–H and O–H groups in total. The van der Waals surface area contributed by atoms with Crippen LogP contribution < -0.4 is 10.9 Å². The number of thiophene rings is 1. The van der Waals surface area contributed by atoms with Gasteiger partial charge in [0.25, 0.3) is 11.8 Å². The molecule has 0 saturated carbocycles. The Morgan fingerprint density at radius 1 is 1.47 bits per heavy atom. The molecule has 6 nitrogen and oxygen atoms in total. The van der Waals surface area contributed by atoms with Crippen molar-refractivity contribution in [3.8, 4) is 0 Å². The van der Waals surface area contributed by atoms with E-state index in [1.165, 1.54) is 11.3 Å². The van der Waals surface area contributed by atoms with E-state index < -0.39 is 0 Å². The first kappa shape index (κ1) is 14.0. The first-order valence-corrected chi connectivity index (χ1v) is 7.06. The van der Waals surface area contributed by atoms with Gasteiger partial charge in [0.05, 0.1) is 17.5 Å². The predicted molar refractivity (Wildman–Crippen MR) is 71.6 cm³/mol. The van der Waals surface area contributed by atoms with Crippen molar-refractivity contribution in [1.82, 2.24) is 15.8 Å². The van der Waals surface area contributed by atoms with Crippen molar-refractivity contribution in [2.24, 2.45) is 0 Å². The van der Waals surface area contributed by atoms with E-state index in [2.05, 4.69) is 10.9 Å². The van der Waals surface area contributed by atoms with E-state index in [4.69, 9.17) is 0 Å². The number of hydrogen-bond donors (Lipinski definition) is 3. The van der Waals surface area contributed by atoms with Crippen molar-refractivity contribution >= 4 is 23.2 Å². The zero-order valence-electron chi connectivity index (χ0n) is 10.5. The molecule has 2 rings (SSSR count). The number of nitrogens with one attached hydrogen (secondary N) is 2. The second-order valence-corrected chi connectivity index (χ2v) is 5.46. The van der Waals surface area contributed by atoms with Crippen LogP contribution in [0.15, 0.2) is 17.5 Å². The second-order valence-electron chi connectivity index (χ2n) is 4.51. The maximum absolute atomic E-state index is 11.6. The number of likely N-dealkylation sites (tertiary alicyclic amines) is 1. The Kier molecular flexibility index (Phi) is 4.89. The summed E-state index contributed by atoms with van der Waals surface area (Å²) in [5.41, 5.74) is 4.75. The molecule has 1 unspecified atom stereocenters. The summed E-state index contributed by atoms with van der Waals surface area (Å²) >= 11 is 1.31. The summed E-state index contributed by atoms with van der Waals surface area (Å²) in [7, 11) is 0. The lowest BCUT2D eigenvalue weighted by molar-refractivity contribution is -0.123. The van der Waals surface area contributed by atoms with Crippen LogP contribution in [0, 0.1) is 0 Å². The number of carbonyl (C=O) groups excluding carboxylic acids is 2. The zero-order valence-corrected chi connectivity index (χ0v) is 11.3. The van der Waals surface area contributed by atoms with Gasteiger partial charge < -0.3 is 5.11 Å². The van der Waals surface area contributed by atoms with Crippen molar-refractivity contribution in [1.29, 1.82) is 0 Å². The summed E-state index contributed by atoms with van der Waals surface area (Å²) < 4.78 is 0. The molecule has 0 aromatic carbocycles. The van der Waals surface area contributed by atoms with E-state index in [-0.39, 0.29) is 24.5 Å². The summed E-state index contributed by atoms with van der Waals surface area (Å²) in [4.78, 5) is 25.7. The van der Waals surface area contributed by atoms with E-state index in [1.807, 2.05) is 4.90 Å². The molecule has 1 aliphatic heterocycles. The van der Waals surface area contributed by atoms with Crippen LogP contribution in [0.25, 0.3) is 0 Å². The molecule has 2 amide bonds. The Balaban J connectivity index is 1.71. The van der Waals surface area contributed by atoms with Gasteiger partial charge in [-0.05, 0) is 30.8 Å². The summed E-state index contributed by atoms with van der Waals surface area (Å²) in [6.07, 6.45) is 1.31. The van der Waals surface area contributed by atoms with Gasteiger partial charge in [0.2, 0.25) is 0 Å². The third kappa shape index (κ3) is 4.30. The Hall–Kier alpha value is -1.44. The predicted octanol–water partition coefficient (Wildman–Crippen LogP) is -0.0342. The molecule has 1 aliphatic rings. The number of aliphatic hydroxyl groups is 1. The monoisotopic (exact) mass is 283 g/mol. The van der Waals surface area contributed by atoms with Gasteiger partial charge in [0.15, 0.2) is 0 Å². The lowest BCUT2D eigenvalue weighted by Gasteiger charge is -2.29. The number of rotatable bonds is 3. The fraction of sp³-hybridized carbons (Fsp3) is 0.500. The minimum absolute atomic E-state index is 0.182. The van der Waals surface area contributed by atoms with Crippen LogP contribution in [-0.4, -0.2) is 47.6 Å². The fourth-order valence-electron chi connectivity index (χ4n) is 2.01. The van der Waals surface area contributed by atoms with E-state index in [0.717, 1.165) is 19.4 Å². The first-order chi connectivity index (χ1) is 9.15. The molecule has 19 heavy (non-hydrogen) atoms. The lowest BCUT2D eigenvalue weighted by Crippen LogP contribution is -2.48. The van der Waals surface area contributed by atoms with Crippen LogP contribution in [0.3, 0.4) is 0 Å². The molecule has 1 fully saturated rings. The molecule has 104 valence electrons. The largest absolute Gasteiger partial charge is 0.392 e. The highest BCUT2D eigenvalue weighted by Gasteiger charge is 2.19. The first-order valence-electron chi connectivity index (χ1n) is 6.18. The number of aliphatic hydroxyl groups excluding tert-OH is 1. The molecule has 0 radical (unpaired) electrons. The Morgan fingerprint density at radius 3 is 3.00 bits per heavy atom. The van der Waals surface area contributed by atoms with E-state index >= 15 is 0 Å². The maximum Gasteiger partial charge on any atom is 0.279 e. The normalized spacial score (nSPS) is 19.9. The van der Waals surface area contributed by atoms with Crippen molar-refractivity contribution < 1.29 is 14.7 Å². The van der Waals surface area contributed by atoms with Crippen LogP contribution in [-0.2, 0) is 4.79 Å². The smallest absolute Gasteiger partial charge is 0.279 e. The van der Waals surface area contributed by atoms with Crippen molar-refractivity contribution in [2.75, 3.05) is 19.6 Å². The van der Waals surface area contributed by atoms with Gasteiger partial charge in [-0.25, -0.2) is 0 Å². The molecular weight excluding hydrogens is 266 g/mol. The maximum atomic E-state index is 11.6. The SMILES string of the molecule is O=C(CN1CCCC(O)C1)NNC(=O)c1cccs1. The van der Waals surface area contributed by atoms with E-state index in [0.29, 0.717) is 11.4 Å². The summed E-state index contributed by atoms with van der Waals surface area (Å²) in [5, 5.41) is 11.3. The Bertz CT molecular complexity index is 435. The molecule has 0 bridgehead atoms. The fourth-order valence-corrected chi connectivity index (χ4v) is 2.63. The summed E-state index contributed by atoms with van der Waals surface area (Å²) in [6.45, 7) is 1.48. The number of hydrazine groups is 1. The highest BCUT2D eigenvalue weighted by atomic mass is 32.1. The summed E-state index contributed by atoms with van der Waals surface area (Å²) in [6, 6.07) is 3.46. The number of amides is 2. The van der Waals surface area contributed by atoms with Crippen LogP contribution in [0.5, 0.6) is 0 Å².